The number of rotatable bonds is 8. The minimum Gasteiger partial charge on any atom is -0.493 e. The summed E-state index contributed by atoms with van der Waals surface area (Å²) in [6.07, 6.45) is 0.660. The Balaban J connectivity index is 2.63. The number of benzene rings is 1. The van der Waals surface area contributed by atoms with Gasteiger partial charge in [0.25, 0.3) is 0 Å². The Labute approximate surface area is 136 Å². The molecule has 2 amide bonds. The quantitative estimate of drug-likeness (QED) is 0.679. The van der Waals surface area contributed by atoms with E-state index in [1.807, 2.05) is 6.92 Å². The van der Waals surface area contributed by atoms with Gasteiger partial charge < -0.3 is 25.2 Å². The molecule has 7 heteroatoms. The zero-order valence-corrected chi connectivity index (χ0v) is 13.9. The van der Waals surface area contributed by atoms with Gasteiger partial charge in [-0.3, -0.25) is 0 Å². The first-order chi connectivity index (χ1) is 10.9. The molecule has 0 unspecified atom stereocenters. The highest BCUT2D eigenvalue weighted by Crippen LogP contribution is 2.27. The van der Waals surface area contributed by atoms with Gasteiger partial charge in [-0.1, -0.05) is 26.3 Å². The maximum Gasteiger partial charge on any atom is 0.326 e. The monoisotopic (exact) mass is 324 g/mol. The lowest BCUT2D eigenvalue weighted by molar-refractivity contribution is -0.140. The van der Waals surface area contributed by atoms with Gasteiger partial charge in [0, 0.05) is 6.54 Å². The molecule has 0 aliphatic rings. The SMILES string of the molecule is CC[C@H](C)[C@H](NC(=O)NCc1ccc(OC)c(OC)c1)C(=O)O. The fourth-order valence-electron chi connectivity index (χ4n) is 2.05. The lowest BCUT2D eigenvalue weighted by atomic mass is 9.99. The van der Waals surface area contributed by atoms with E-state index in [1.165, 1.54) is 7.11 Å². The van der Waals surface area contributed by atoms with Crippen LogP contribution in [0.25, 0.3) is 0 Å². The van der Waals surface area contributed by atoms with Crippen molar-refractivity contribution in [2.75, 3.05) is 14.2 Å². The molecule has 2 atom stereocenters. The van der Waals surface area contributed by atoms with E-state index >= 15 is 0 Å². The zero-order valence-electron chi connectivity index (χ0n) is 13.9. The Morgan fingerprint density at radius 1 is 1.22 bits per heavy atom. The van der Waals surface area contributed by atoms with Gasteiger partial charge in [-0.15, -0.1) is 0 Å². The summed E-state index contributed by atoms with van der Waals surface area (Å²) in [5.74, 6) is -0.0291. The number of urea groups is 1. The van der Waals surface area contributed by atoms with Gasteiger partial charge in [0.1, 0.15) is 6.04 Å². The Hall–Kier alpha value is -2.44. The molecule has 0 aliphatic heterocycles. The Morgan fingerprint density at radius 3 is 2.39 bits per heavy atom. The largest absolute Gasteiger partial charge is 0.493 e. The third kappa shape index (κ3) is 5.36. The van der Waals surface area contributed by atoms with Crippen molar-refractivity contribution in [2.45, 2.75) is 32.9 Å². The lowest BCUT2D eigenvalue weighted by Crippen LogP contribution is -2.48. The molecule has 0 aliphatic carbocycles. The van der Waals surface area contributed by atoms with Crippen LogP contribution in [-0.4, -0.2) is 37.4 Å². The fourth-order valence-corrected chi connectivity index (χ4v) is 2.05. The van der Waals surface area contributed by atoms with Gasteiger partial charge in [0.15, 0.2) is 11.5 Å². The van der Waals surface area contributed by atoms with Crippen molar-refractivity contribution in [2.24, 2.45) is 5.92 Å². The highest BCUT2D eigenvalue weighted by atomic mass is 16.5. The molecule has 1 aromatic carbocycles. The van der Waals surface area contributed by atoms with Crippen molar-refractivity contribution in [1.82, 2.24) is 10.6 Å². The van der Waals surface area contributed by atoms with Crippen molar-refractivity contribution in [1.29, 1.82) is 0 Å². The number of ether oxygens (including phenoxy) is 2. The molecular formula is C16H24N2O5. The van der Waals surface area contributed by atoms with Crippen LogP contribution in [0.3, 0.4) is 0 Å². The third-order valence-corrected chi connectivity index (χ3v) is 3.67. The second kappa shape index (κ2) is 8.87. The number of nitrogens with one attached hydrogen (secondary N) is 2. The van der Waals surface area contributed by atoms with E-state index in [2.05, 4.69) is 10.6 Å². The molecule has 0 saturated heterocycles. The van der Waals surface area contributed by atoms with Crippen LogP contribution in [-0.2, 0) is 11.3 Å². The Bertz CT molecular complexity index is 547. The number of carboxylic acid groups (broad SMARTS) is 1. The van der Waals surface area contributed by atoms with Crippen LogP contribution in [0.4, 0.5) is 4.79 Å². The summed E-state index contributed by atoms with van der Waals surface area (Å²) >= 11 is 0. The number of carbonyl (C=O) groups is 2. The molecule has 7 nitrogen and oxygen atoms in total. The van der Waals surface area contributed by atoms with E-state index in [9.17, 15) is 9.59 Å². The molecule has 1 rings (SSSR count). The number of aliphatic carboxylic acids is 1. The summed E-state index contributed by atoms with van der Waals surface area (Å²) in [6.45, 7) is 3.91. The number of carbonyl (C=O) groups excluding carboxylic acids is 1. The smallest absolute Gasteiger partial charge is 0.326 e. The summed E-state index contributed by atoms with van der Waals surface area (Å²) in [6, 6.07) is 3.86. The van der Waals surface area contributed by atoms with Gasteiger partial charge in [0.2, 0.25) is 0 Å². The van der Waals surface area contributed by atoms with E-state index in [-0.39, 0.29) is 12.5 Å². The van der Waals surface area contributed by atoms with E-state index in [4.69, 9.17) is 14.6 Å². The molecule has 1 aromatic rings. The molecule has 0 spiro atoms. The molecule has 3 N–H and O–H groups in total. The Kier molecular flexibility index (Phi) is 7.18. The predicted octanol–water partition coefficient (Wildman–Crippen LogP) is 2.00. The minimum absolute atomic E-state index is 0.153. The molecule has 128 valence electrons. The van der Waals surface area contributed by atoms with Gasteiger partial charge in [-0.2, -0.15) is 0 Å². The molecule has 23 heavy (non-hydrogen) atoms. The molecule has 0 aromatic heterocycles. The van der Waals surface area contributed by atoms with Gasteiger partial charge in [0.05, 0.1) is 14.2 Å². The predicted molar refractivity (Wildman–Crippen MR) is 85.8 cm³/mol. The van der Waals surface area contributed by atoms with Gasteiger partial charge in [-0.25, -0.2) is 9.59 Å². The summed E-state index contributed by atoms with van der Waals surface area (Å²) in [7, 11) is 3.08. The van der Waals surface area contributed by atoms with Crippen LogP contribution >= 0.6 is 0 Å². The number of amides is 2. The molecule has 0 saturated carbocycles. The fraction of sp³-hybridized carbons (Fsp3) is 0.500. The van der Waals surface area contributed by atoms with Crippen molar-refractivity contribution >= 4 is 12.0 Å². The van der Waals surface area contributed by atoms with E-state index in [0.29, 0.717) is 17.9 Å². The number of methoxy groups -OCH3 is 2. The second-order valence-corrected chi connectivity index (χ2v) is 5.22. The molecule has 0 bridgehead atoms. The lowest BCUT2D eigenvalue weighted by Gasteiger charge is -2.20. The van der Waals surface area contributed by atoms with Gasteiger partial charge >= 0.3 is 12.0 Å². The van der Waals surface area contributed by atoms with Crippen LogP contribution in [0.1, 0.15) is 25.8 Å². The van der Waals surface area contributed by atoms with Crippen LogP contribution in [0.2, 0.25) is 0 Å². The number of hydrogen-bond acceptors (Lipinski definition) is 4. The number of hydrogen-bond donors (Lipinski definition) is 3. The topological polar surface area (TPSA) is 96.9 Å². The zero-order chi connectivity index (χ0) is 17.4. The first kappa shape index (κ1) is 18.6. The third-order valence-electron chi connectivity index (χ3n) is 3.67. The molecule has 0 radical (unpaired) electrons. The highest BCUT2D eigenvalue weighted by Gasteiger charge is 2.25. The molecule has 0 heterocycles. The Morgan fingerprint density at radius 2 is 1.87 bits per heavy atom. The van der Waals surface area contributed by atoms with Crippen LogP contribution < -0.4 is 20.1 Å². The maximum absolute atomic E-state index is 11.9. The van der Waals surface area contributed by atoms with Crippen molar-refractivity contribution in [3.8, 4) is 11.5 Å². The van der Waals surface area contributed by atoms with Crippen molar-refractivity contribution in [3.63, 3.8) is 0 Å². The van der Waals surface area contributed by atoms with Crippen LogP contribution in [0.5, 0.6) is 11.5 Å². The summed E-state index contributed by atoms with van der Waals surface area (Å²) in [5.41, 5.74) is 0.813. The van der Waals surface area contributed by atoms with Crippen molar-refractivity contribution in [3.05, 3.63) is 23.8 Å². The standard InChI is InChI=1S/C16H24N2O5/c1-5-10(2)14(15(19)20)18-16(21)17-9-11-6-7-12(22-3)13(8-11)23-4/h6-8,10,14H,5,9H2,1-4H3,(H,19,20)(H2,17,18,21)/t10-,14-/m0/s1. The summed E-state index contributed by atoms with van der Waals surface area (Å²) < 4.78 is 10.3. The average Bonchev–Trinajstić information content (AvgIpc) is 2.56. The average molecular weight is 324 g/mol. The molecule has 0 fully saturated rings. The molecular weight excluding hydrogens is 300 g/mol. The van der Waals surface area contributed by atoms with Gasteiger partial charge in [-0.05, 0) is 23.6 Å². The van der Waals surface area contributed by atoms with E-state index in [0.717, 1.165) is 5.56 Å². The summed E-state index contributed by atoms with van der Waals surface area (Å²) in [4.78, 5) is 23.1. The minimum atomic E-state index is -1.04. The highest BCUT2D eigenvalue weighted by molar-refractivity contribution is 5.82. The summed E-state index contributed by atoms with van der Waals surface area (Å²) in [5, 5.41) is 14.3. The number of carboxylic acids is 1. The first-order valence-corrected chi connectivity index (χ1v) is 7.41. The van der Waals surface area contributed by atoms with E-state index in [1.54, 1.807) is 32.2 Å². The maximum atomic E-state index is 11.9. The normalized spacial score (nSPS) is 12.9. The van der Waals surface area contributed by atoms with E-state index < -0.39 is 18.0 Å². The van der Waals surface area contributed by atoms with Crippen molar-refractivity contribution < 1.29 is 24.2 Å². The first-order valence-electron chi connectivity index (χ1n) is 7.41. The van der Waals surface area contributed by atoms with Crippen LogP contribution in [0, 0.1) is 5.92 Å². The second-order valence-electron chi connectivity index (χ2n) is 5.22. The van der Waals surface area contributed by atoms with Crippen LogP contribution in [0.15, 0.2) is 18.2 Å².